The maximum atomic E-state index is 13.0. The number of anilines is 1. The van der Waals surface area contributed by atoms with Gasteiger partial charge in [-0.1, -0.05) is 48.5 Å². The summed E-state index contributed by atoms with van der Waals surface area (Å²) in [5, 5.41) is 4.00. The Bertz CT molecular complexity index is 1060. The van der Waals surface area contributed by atoms with Gasteiger partial charge in [-0.2, -0.15) is 0 Å². The predicted molar refractivity (Wildman–Crippen MR) is 134 cm³/mol. The molecular formula is C26H28N2O2S2. The van der Waals surface area contributed by atoms with Crippen molar-refractivity contribution in [2.45, 2.75) is 35.6 Å². The topological polar surface area (TPSA) is 51.2 Å². The van der Waals surface area contributed by atoms with Crippen molar-refractivity contribution < 1.29 is 9.53 Å². The maximum absolute atomic E-state index is 13.0. The van der Waals surface area contributed by atoms with E-state index in [0.717, 1.165) is 33.5 Å². The van der Waals surface area contributed by atoms with Crippen molar-refractivity contribution in [2.24, 2.45) is 5.92 Å². The second-order valence-corrected chi connectivity index (χ2v) is 9.58. The zero-order valence-corrected chi connectivity index (χ0v) is 20.3. The van der Waals surface area contributed by atoms with Gasteiger partial charge in [-0.15, -0.1) is 23.5 Å². The van der Waals surface area contributed by atoms with Crippen LogP contribution in [-0.2, 0) is 4.79 Å². The molecule has 2 atom stereocenters. The lowest BCUT2D eigenvalue weighted by molar-refractivity contribution is -0.116. The maximum Gasteiger partial charge on any atom is 0.224 e. The summed E-state index contributed by atoms with van der Waals surface area (Å²) in [5.41, 5.74) is 4.25. The van der Waals surface area contributed by atoms with Gasteiger partial charge in [0.2, 0.25) is 5.91 Å². The van der Waals surface area contributed by atoms with E-state index < -0.39 is 0 Å². The summed E-state index contributed by atoms with van der Waals surface area (Å²) in [5.74, 6) is 1.42. The third-order valence-corrected chi connectivity index (χ3v) is 7.28. The molecule has 1 aromatic heterocycles. The molecule has 4 rings (SSSR count). The fourth-order valence-electron chi connectivity index (χ4n) is 4.34. The van der Waals surface area contributed by atoms with Crippen LogP contribution in [0.1, 0.15) is 35.6 Å². The average Bonchev–Trinajstić information content (AvgIpc) is 2.83. The van der Waals surface area contributed by atoms with E-state index in [1.54, 1.807) is 23.5 Å². The van der Waals surface area contributed by atoms with E-state index in [1.165, 1.54) is 11.1 Å². The fraction of sp³-hybridized carbons (Fsp3) is 0.308. The lowest BCUT2D eigenvalue weighted by Gasteiger charge is -2.34. The van der Waals surface area contributed by atoms with E-state index >= 15 is 0 Å². The molecule has 1 aliphatic heterocycles. The number of thioether (sulfide) groups is 2. The van der Waals surface area contributed by atoms with Crippen LogP contribution in [0.3, 0.4) is 0 Å². The van der Waals surface area contributed by atoms with Crippen LogP contribution in [0.4, 0.5) is 5.69 Å². The van der Waals surface area contributed by atoms with Crippen molar-refractivity contribution in [2.75, 3.05) is 24.4 Å². The van der Waals surface area contributed by atoms with Crippen molar-refractivity contribution in [3.63, 3.8) is 0 Å². The van der Waals surface area contributed by atoms with Crippen molar-refractivity contribution in [3.05, 3.63) is 77.5 Å². The molecule has 0 fully saturated rings. The summed E-state index contributed by atoms with van der Waals surface area (Å²) < 4.78 is 6.08. The number of rotatable bonds is 7. The Labute approximate surface area is 198 Å². The molecule has 32 heavy (non-hydrogen) atoms. The number of carbonyl (C=O) groups is 1. The number of aryl methyl sites for hydroxylation is 1. The third-order valence-electron chi connectivity index (χ3n) is 5.84. The van der Waals surface area contributed by atoms with Crippen molar-refractivity contribution >= 4 is 35.1 Å². The molecular weight excluding hydrogens is 436 g/mol. The molecule has 3 aromatic rings. The molecule has 1 amide bonds. The molecule has 2 heterocycles. The van der Waals surface area contributed by atoms with E-state index in [9.17, 15) is 4.79 Å². The number of nitrogens with one attached hydrogen (secondary N) is 1. The van der Waals surface area contributed by atoms with Gasteiger partial charge in [-0.05, 0) is 43.6 Å². The molecule has 2 unspecified atom stereocenters. The van der Waals surface area contributed by atoms with Crippen LogP contribution in [-0.4, -0.2) is 30.0 Å². The summed E-state index contributed by atoms with van der Waals surface area (Å²) >= 11 is 3.19. The number of pyridine rings is 1. The average molecular weight is 465 g/mol. The number of benzene rings is 2. The summed E-state index contributed by atoms with van der Waals surface area (Å²) in [6, 6.07) is 20.8. The Hall–Kier alpha value is -2.44. The molecule has 0 radical (unpaired) electrons. The number of amides is 1. The highest BCUT2D eigenvalue weighted by molar-refractivity contribution is 7.99. The second-order valence-electron chi connectivity index (χ2n) is 7.93. The van der Waals surface area contributed by atoms with Gasteiger partial charge in [0.05, 0.1) is 12.3 Å². The van der Waals surface area contributed by atoms with E-state index in [0.29, 0.717) is 13.0 Å². The highest BCUT2D eigenvalue weighted by Crippen LogP contribution is 2.43. The largest absolute Gasteiger partial charge is 0.493 e. The Kier molecular flexibility index (Phi) is 7.43. The fourth-order valence-corrected chi connectivity index (χ4v) is 5.64. The molecule has 0 saturated carbocycles. The molecule has 166 valence electrons. The predicted octanol–water partition coefficient (Wildman–Crippen LogP) is 6.39. The Morgan fingerprint density at radius 3 is 2.59 bits per heavy atom. The van der Waals surface area contributed by atoms with Gasteiger partial charge in [0.25, 0.3) is 0 Å². The molecule has 1 aliphatic rings. The second kappa shape index (κ2) is 10.5. The van der Waals surface area contributed by atoms with Gasteiger partial charge in [0.15, 0.2) is 0 Å². The van der Waals surface area contributed by atoms with E-state index in [2.05, 4.69) is 46.7 Å². The number of nitrogens with zero attached hydrogens (tertiary/aromatic N) is 1. The zero-order valence-electron chi connectivity index (χ0n) is 18.6. The van der Waals surface area contributed by atoms with Crippen LogP contribution in [0.5, 0.6) is 5.75 Å². The first-order chi connectivity index (χ1) is 15.6. The van der Waals surface area contributed by atoms with E-state index in [1.807, 2.05) is 43.7 Å². The summed E-state index contributed by atoms with van der Waals surface area (Å²) in [4.78, 5) is 18.6. The van der Waals surface area contributed by atoms with Crippen LogP contribution >= 0.6 is 23.5 Å². The quantitative estimate of drug-likeness (QED) is 0.410. The monoisotopic (exact) mass is 464 g/mol. The lowest BCUT2D eigenvalue weighted by atomic mass is 9.77. The highest BCUT2D eigenvalue weighted by Gasteiger charge is 2.32. The standard InChI is InChI=1S/C26H28N2O2S2/c1-17-15-22(31-2)25(26(27-17)32-3)28-23(29)14-13-19-16-30-21-12-8-7-11-20(21)24(19)18-9-5-4-6-10-18/h4-12,15,19,24H,13-14,16H2,1-3H3,(H,28,29). The lowest BCUT2D eigenvalue weighted by Crippen LogP contribution is -2.28. The molecule has 0 spiro atoms. The summed E-state index contributed by atoms with van der Waals surface area (Å²) in [6.07, 6.45) is 5.20. The van der Waals surface area contributed by atoms with Crippen molar-refractivity contribution in [3.8, 4) is 5.75 Å². The number of hydrogen-bond acceptors (Lipinski definition) is 5. The Morgan fingerprint density at radius 1 is 1.09 bits per heavy atom. The molecule has 6 heteroatoms. The van der Waals surface area contributed by atoms with Crippen molar-refractivity contribution in [1.82, 2.24) is 4.98 Å². The number of carbonyl (C=O) groups excluding carboxylic acids is 1. The number of ether oxygens (including phenoxy) is 1. The van der Waals surface area contributed by atoms with E-state index in [4.69, 9.17) is 4.74 Å². The first-order valence-corrected chi connectivity index (χ1v) is 13.2. The van der Waals surface area contributed by atoms with Gasteiger partial charge in [-0.25, -0.2) is 4.98 Å². The van der Waals surface area contributed by atoms with Gasteiger partial charge in [0, 0.05) is 34.4 Å². The Morgan fingerprint density at radius 2 is 1.84 bits per heavy atom. The summed E-state index contributed by atoms with van der Waals surface area (Å²) in [6.45, 7) is 2.59. The van der Waals surface area contributed by atoms with Gasteiger partial charge >= 0.3 is 0 Å². The minimum absolute atomic E-state index is 0.0203. The smallest absolute Gasteiger partial charge is 0.224 e. The Balaban J connectivity index is 1.51. The number of aromatic nitrogens is 1. The normalized spacial score (nSPS) is 17.3. The molecule has 1 N–H and O–H groups in total. The van der Waals surface area contributed by atoms with Gasteiger partial charge in [-0.3, -0.25) is 4.79 Å². The first-order valence-electron chi connectivity index (χ1n) is 10.8. The number of para-hydroxylation sites is 1. The van der Waals surface area contributed by atoms with Crippen LogP contribution in [0.25, 0.3) is 0 Å². The molecule has 0 bridgehead atoms. The number of hydrogen-bond donors (Lipinski definition) is 1. The van der Waals surface area contributed by atoms with Gasteiger partial charge < -0.3 is 10.1 Å². The highest BCUT2D eigenvalue weighted by atomic mass is 32.2. The summed E-state index contributed by atoms with van der Waals surface area (Å²) in [7, 11) is 0. The van der Waals surface area contributed by atoms with Gasteiger partial charge in [0.1, 0.15) is 10.8 Å². The molecule has 4 nitrogen and oxygen atoms in total. The first kappa shape index (κ1) is 22.7. The van der Waals surface area contributed by atoms with Crippen LogP contribution in [0.2, 0.25) is 0 Å². The SMILES string of the molecule is CSc1cc(C)nc(SC)c1NC(=O)CCC1COc2ccccc2C1c1ccccc1. The minimum atomic E-state index is 0.0203. The minimum Gasteiger partial charge on any atom is -0.493 e. The molecule has 0 aliphatic carbocycles. The van der Waals surface area contributed by atoms with Crippen LogP contribution in [0, 0.1) is 12.8 Å². The molecule has 2 aromatic carbocycles. The van der Waals surface area contributed by atoms with E-state index in [-0.39, 0.29) is 17.7 Å². The zero-order chi connectivity index (χ0) is 22.5. The number of fused-ring (bicyclic) bond motifs is 1. The van der Waals surface area contributed by atoms with Crippen LogP contribution in [0.15, 0.2) is 70.6 Å². The molecule has 0 saturated heterocycles. The van der Waals surface area contributed by atoms with Crippen LogP contribution < -0.4 is 10.1 Å². The van der Waals surface area contributed by atoms with Crippen molar-refractivity contribution in [1.29, 1.82) is 0 Å². The third kappa shape index (κ3) is 4.97.